The van der Waals surface area contributed by atoms with Crippen LogP contribution >= 0.6 is 0 Å². The maximum absolute atomic E-state index is 10.7. The minimum atomic E-state index is -0.530. The number of aromatic nitrogens is 1. The van der Waals surface area contributed by atoms with Gasteiger partial charge < -0.3 is 9.72 Å². The van der Waals surface area contributed by atoms with Crippen molar-refractivity contribution in [2.75, 3.05) is 7.11 Å². The summed E-state index contributed by atoms with van der Waals surface area (Å²) >= 11 is 0. The molecule has 0 bridgehead atoms. The minimum absolute atomic E-state index is 0.0182. The fourth-order valence-electron chi connectivity index (χ4n) is 0.864. The maximum atomic E-state index is 10.7. The van der Waals surface area contributed by atoms with Gasteiger partial charge in [0.25, 0.3) is 5.69 Å². The summed E-state index contributed by atoms with van der Waals surface area (Å²) in [5, 5.41) is 10.2. The van der Waals surface area contributed by atoms with E-state index in [0.717, 1.165) is 0 Å². The second kappa shape index (κ2) is 3.70. The fourth-order valence-corrected chi connectivity index (χ4v) is 0.864. The molecule has 0 spiro atoms. The molecule has 0 aromatic carbocycles. The van der Waals surface area contributed by atoms with Gasteiger partial charge in [0.15, 0.2) is 0 Å². The monoisotopic (exact) mass is 184 g/mol. The quantitative estimate of drug-likeness (QED) is 0.424. The topological polar surface area (TPSA) is 85.2 Å². The van der Waals surface area contributed by atoms with Crippen LogP contribution in [0.2, 0.25) is 0 Å². The molecule has 0 radical (unpaired) electrons. The number of carbonyl (C=O) groups excluding carboxylic acids is 1. The Kier molecular flexibility index (Phi) is 2.63. The van der Waals surface area contributed by atoms with Crippen LogP contribution in [0, 0.1) is 10.1 Å². The lowest BCUT2D eigenvalue weighted by molar-refractivity contribution is -0.384. The number of carbonyl (C=O) groups is 1. The van der Waals surface area contributed by atoms with E-state index in [1.165, 1.54) is 19.4 Å². The van der Waals surface area contributed by atoms with Crippen molar-refractivity contribution in [1.29, 1.82) is 0 Å². The molecule has 1 aromatic rings. The summed E-state index contributed by atoms with van der Waals surface area (Å²) < 4.78 is 4.40. The van der Waals surface area contributed by atoms with Crippen molar-refractivity contribution in [1.82, 2.24) is 4.98 Å². The first-order valence-corrected chi connectivity index (χ1v) is 3.52. The van der Waals surface area contributed by atoms with Crippen LogP contribution < -0.4 is 0 Å². The number of methoxy groups -OCH3 is 1. The predicted octanol–water partition coefficient (Wildman–Crippen LogP) is 0.638. The Bertz CT molecular complexity index is 331. The third-order valence-electron chi connectivity index (χ3n) is 1.50. The van der Waals surface area contributed by atoms with E-state index in [1.807, 2.05) is 0 Å². The van der Waals surface area contributed by atoms with Crippen molar-refractivity contribution in [3.8, 4) is 0 Å². The van der Waals surface area contributed by atoms with Gasteiger partial charge in [0, 0.05) is 11.8 Å². The van der Waals surface area contributed by atoms with E-state index >= 15 is 0 Å². The molecule has 0 amide bonds. The Morgan fingerprint density at radius 2 is 2.46 bits per heavy atom. The third-order valence-corrected chi connectivity index (χ3v) is 1.50. The van der Waals surface area contributed by atoms with Crippen LogP contribution in [0.1, 0.15) is 5.69 Å². The molecule has 6 nitrogen and oxygen atoms in total. The molecule has 1 rings (SSSR count). The van der Waals surface area contributed by atoms with Gasteiger partial charge >= 0.3 is 5.97 Å². The van der Waals surface area contributed by atoms with Crippen LogP contribution in [-0.4, -0.2) is 23.0 Å². The highest BCUT2D eigenvalue weighted by molar-refractivity contribution is 5.72. The molecule has 1 heterocycles. The maximum Gasteiger partial charge on any atom is 0.311 e. The number of rotatable bonds is 3. The van der Waals surface area contributed by atoms with E-state index in [9.17, 15) is 14.9 Å². The standard InChI is InChI=1S/C7H8N2O4/c1-13-7(10)3-5-2-6(4-8-5)9(11)12/h2,4,8H,3H2,1H3. The number of ether oxygens (including phenoxy) is 1. The Balaban J connectivity index is 2.69. The van der Waals surface area contributed by atoms with Crippen molar-refractivity contribution in [2.24, 2.45) is 0 Å². The number of nitro groups is 1. The normalized spacial score (nSPS) is 9.62. The van der Waals surface area contributed by atoms with Gasteiger partial charge in [-0.3, -0.25) is 14.9 Å². The van der Waals surface area contributed by atoms with Gasteiger partial charge in [-0.05, 0) is 0 Å². The SMILES string of the molecule is COC(=O)Cc1cc([N+](=O)[O-])c[nH]1. The summed E-state index contributed by atoms with van der Waals surface area (Å²) in [5.74, 6) is -0.434. The molecular weight excluding hydrogens is 176 g/mol. The van der Waals surface area contributed by atoms with Gasteiger partial charge in [0.2, 0.25) is 0 Å². The van der Waals surface area contributed by atoms with Crippen molar-refractivity contribution in [2.45, 2.75) is 6.42 Å². The number of hydrogen-bond acceptors (Lipinski definition) is 4. The van der Waals surface area contributed by atoms with E-state index in [4.69, 9.17) is 0 Å². The first-order valence-electron chi connectivity index (χ1n) is 3.52. The zero-order chi connectivity index (χ0) is 9.84. The molecule has 70 valence electrons. The van der Waals surface area contributed by atoms with Crippen molar-refractivity contribution < 1.29 is 14.5 Å². The molecule has 0 saturated carbocycles. The van der Waals surface area contributed by atoms with Crippen LogP contribution in [0.25, 0.3) is 0 Å². The summed E-state index contributed by atoms with van der Waals surface area (Å²) in [6.45, 7) is 0. The highest BCUT2D eigenvalue weighted by atomic mass is 16.6. The zero-order valence-electron chi connectivity index (χ0n) is 6.94. The number of nitrogens with one attached hydrogen (secondary N) is 1. The first-order chi connectivity index (χ1) is 6.13. The number of esters is 1. The summed E-state index contributed by atoms with van der Waals surface area (Å²) in [6, 6.07) is 1.30. The summed E-state index contributed by atoms with van der Waals surface area (Å²) in [6.07, 6.45) is 1.25. The molecule has 1 aromatic heterocycles. The largest absolute Gasteiger partial charge is 0.469 e. The molecular formula is C7H8N2O4. The first kappa shape index (κ1) is 9.24. The average molecular weight is 184 g/mol. The summed E-state index contributed by atoms with van der Waals surface area (Å²) in [7, 11) is 1.26. The molecule has 0 aliphatic rings. The minimum Gasteiger partial charge on any atom is -0.469 e. The average Bonchev–Trinajstić information content (AvgIpc) is 2.52. The van der Waals surface area contributed by atoms with E-state index in [-0.39, 0.29) is 12.1 Å². The number of hydrogen-bond donors (Lipinski definition) is 1. The van der Waals surface area contributed by atoms with Gasteiger partial charge in [-0.15, -0.1) is 0 Å². The van der Waals surface area contributed by atoms with E-state index in [0.29, 0.717) is 5.69 Å². The summed E-state index contributed by atoms with van der Waals surface area (Å²) in [5.41, 5.74) is 0.414. The predicted molar refractivity (Wildman–Crippen MR) is 43.2 cm³/mol. The van der Waals surface area contributed by atoms with Crippen molar-refractivity contribution in [3.05, 3.63) is 28.1 Å². The summed E-state index contributed by atoms with van der Waals surface area (Å²) in [4.78, 5) is 23.1. The van der Waals surface area contributed by atoms with Crippen molar-refractivity contribution in [3.63, 3.8) is 0 Å². The molecule has 0 aliphatic heterocycles. The molecule has 1 N–H and O–H groups in total. The Labute approximate surface area is 73.7 Å². The lowest BCUT2D eigenvalue weighted by atomic mass is 10.3. The van der Waals surface area contributed by atoms with Crippen LogP contribution in [0.3, 0.4) is 0 Å². The number of H-pyrrole nitrogens is 1. The molecule has 6 heteroatoms. The van der Waals surface area contributed by atoms with Gasteiger partial charge in [0.05, 0.1) is 24.7 Å². The van der Waals surface area contributed by atoms with Crippen LogP contribution in [0.4, 0.5) is 5.69 Å². The second-order valence-corrected chi connectivity index (χ2v) is 2.39. The highest BCUT2D eigenvalue weighted by Crippen LogP contribution is 2.12. The lowest BCUT2D eigenvalue weighted by Gasteiger charge is -1.93. The van der Waals surface area contributed by atoms with E-state index in [2.05, 4.69) is 9.72 Å². The van der Waals surface area contributed by atoms with Gasteiger partial charge in [-0.25, -0.2) is 0 Å². The van der Waals surface area contributed by atoms with Gasteiger partial charge in [-0.1, -0.05) is 0 Å². The van der Waals surface area contributed by atoms with E-state index < -0.39 is 10.9 Å². The van der Waals surface area contributed by atoms with Gasteiger partial charge in [0.1, 0.15) is 0 Å². The smallest absolute Gasteiger partial charge is 0.311 e. The molecule has 0 aliphatic carbocycles. The third kappa shape index (κ3) is 2.29. The Morgan fingerprint density at radius 3 is 2.92 bits per heavy atom. The molecule has 0 fully saturated rings. The molecule has 0 saturated heterocycles. The lowest BCUT2D eigenvalue weighted by Crippen LogP contribution is -2.04. The number of nitrogens with zero attached hydrogens (tertiary/aromatic N) is 1. The van der Waals surface area contributed by atoms with Crippen molar-refractivity contribution >= 4 is 11.7 Å². The van der Waals surface area contributed by atoms with Crippen LogP contribution in [0.15, 0.2) is 12.3 Å². The Hall–Kier alpha value is -1.85. The van der Waals surface area contributed by atoms with Crippen LogP contribution in [-0.2, 0) is 16.0 Å². The highest BCUT2D eigenvalue weighted by Gasteiger charge is 2.11. The fraction of sp³-hybridized carbons (Fsp3) is 0.286. The zero-order valence-corrected chi connectivity index (χ0v) is 6.94. The Morgan fingerprint density at radius 1 is 1.77 bits per heavy atom. The van der Waals surface area contributed by atoms with Crippen LogP contribution in [0.5, 0.6) is 0 Å². The van der Waals surface area contributed by atoms with E-state index in [1.54, 1.807) is 0 Å². The number of aromatic amines is 1. The molecule has 0 atom stereocenters. The van der Waals surface area contributed by atoms with Gasteiger partial charge in [-0.2, -0.15) is 0 Å². The molecule has 13 heavy (non-hydrogen) atoms. The second-order valence-electron chi connectivity index (χ2n) is 2.39. The molecule has 0 unspecified atom stereocenters.